The van der Waals surface area contributed by atoms with Gasteiger partial charge in [0.15, 0.2) is 0 Å². The number of anilines is 2. The summed E-state index contributed by atoms with van der Waals surface area (Å²) in [5, 5.41) is 6.64. The van der Waals surface area contributed by atoms with Crippen molar-refractivity contribution in [1.82, 2.24) is 24.8 Å². The molecule has 1 aromatic carbocycles. The summed E-state index contributed by atoms with van der Waals surface area (Å²) < 4.78 is 7.22. The number of morpholine rings is 1. The zero-order valence-electron chi connectivity index (χ0n) is 24.6. The van der Waals surface area contributed by atoms with Crippen molar-refractivity contribution in [3.8, 4) is 18.7 Å². The van der Waals surface area contributed by atoms with Gasteiger partial charge in [-0.1, -0.05) is 76.6 Å². The highest BCUT2D eigenvalue weighted by Gasteiger charge is 2.16. The van der Waals surface area contributed by atoms with Crippen molar-refractivity contribution in [3.05, 3.63) is 59.6 Å². The number of ether oxygens (including phenoxy) is 1. The molecule has 9 nitrogen and oxygen atoms in total. The number of benzene rings is 1. The molecular weight excluding hydrogens is 538 g/mol. The number of halogens is 1. The number of hydrogen-bond donors (Lipinski definition) is 2. The molecule has 2 aromatic heterocycles. The number of aromatic nitrogens is 4. The molecule has 2 N–H and O–H groups in total. The van der Waals surface area contributed by atoms with Gasteiger partial charge in [-0.05, 0) is 23.6 Å². The van der Waals surface area contributed by atoms with Crippen LogP contribution in [0.3, 0.4) is 0 Å². The van der Waals surface area contributed by atoms with Crippen LogP contribution >= 0.6 is 11.6 Å². The number of nitrogens with zero attached hydrogens (tertiary/aromatic N) is 5. The Kier molecular flexibility index (Phi) is 15.9. The Hall–Kier alpha value is -3.61. The number of terminal acetylenes is 1. The van der Waals surface area contributed by atoms with Gasteiger partial charge in [-0.2, -0.15) is 9.97 Å². The van der Waals surface area contributed by atoms with Crippen LogP contribution in [0.25, 0.3) is 5.82 Å². The molecule has 0 unspecified atom stereocenters. The highest BCUT2D eigenvalue weighted by molar-refractivity contribution is 6.30. The van der Waals surface area contributed by atoms with Crippen molar-refractivity contribution in [2.24, 2.45) is 5.92 Å². The molecule has 41 heavy (non-hydrogen) atoms. The first kappa shape index (κ1) is 33.6. The second-order valence-electron chi connectivity index (χ2n) is 9.48. The van der Waals surface area contributed by atoms with Crippen molar-refractivity contribution in [2.45, 2.75) is 59.4 Å². The van der Waals surface area contributed by atoms with Crippen LogP contribution in [0.2, 0.25) is 5.02 Å². The number of carbonyl (C=O) groups is 1. The van der Waals surface area contributed by atoms with E-state index in [9.17, 15) is 4.79 Å². The van der Waals surface area contributed by atoms with Gasteiger partial charge in [-0.3, -0.25) is 9.36 Å². The standard InChI is InChI=1S/C20H22ClN7O2.C7H14.C2H6.C2H2/c21-16-3-1-15(2-4-16)12-24-19(29)13-23-17-11-18(28-6-5-22-14-28)26-20(25-17)27-7-9-30-10-8-27;1-7-5-3-2-4-6-7;2*1-2/h1-6,11,14H,7-10,12-13H2,(H,24,29)(H,23,25,26);7H,2-6H2,1H3;1-2H3;1-2H. The van der Waals surface area contributed by atoms with Gasteiger partial charge >= 0.3 is 0 Å². The molecule has 10 heteroatoms. The lowest BCUT2D eigenvalue weighted by Crippen LogP contribution is -2.37. The van der Waals surface area contributed by atoms with Crippen LogP contribution in [0.1, 0.15) is 58.4 Å². The van der Waals surface area contributed by atoms with Gasteiger partial charge in [-0.25, -0.2) is 4.98 Å². The SMILES string of the molecule is C#C.CC.CC1CCCCC1.O=C(CNc1cc(-n2ccnc2)nc(N2CCOCC2)n1)NCc1ccc(Cl)cc1. The number of hydrogen-bond acceptors (Lipinski definition) is 7. The maximum Gasteiger partial charge on any atom is 0.239 e. The summed E-state index contributed by atoms with van der Waals surface area (Å²) in [7, 11) is 0. The lowest BCUT2D eigenvalue weighted by molar-refractivity contribution is -0.119. The van der Waals surface area contributed by atoms with E-state index < -0.39 is 0 Å². The monoisotopic (exact) mass is 581 g/mol. The molecule has 0 atom stereocenters. The van der Waals surface area contributed by atoms with E-state index in [4.69, 9.17) is 16.3 Å². The van der Waals surface area contributed by atoms with Crippen molar-refractivity contribution in [2.75, 3.05) is 43.1 Å². The van der Waals surface area contributed by atoms with E-state index in [0.29, 0.717) is 55.5 Å². The summed E-state index contributed by atoms with van der Waals surface area (Å²) >= 11 is 5.89. The van der Waals surface area contributed by atoms with Crippen molar-refractivity contribution < 1.29 is 9.53 Å². The van der Waals surface area contributed by atoms with Gasteiger partial charge in [0.1, 0.15) is 18.0 Å². The van der Waals surface area contributed by atoms with Crippen LogP contribution < -0.4 is 15.5 Å². The van der Waals surface area contributed by atoms with Crippen LogP contribution in [-0.2, 0) is 16.1 Å². The molecule has 222 valence electrons. The summed E-state index contributed by atoms with van der Waals surface area (Å²) in [4.78, 5) is 27.6. The van der Waals surface area contributed by atoms with Gasteiger partial charge in [0, 0.05) is 43.1 Å². The van der Waals surface area contributed by atoms with Crippen LogP contribution in [0.15, 0.2) is 49.1 Å². The third-order valence-electron chi connectivity index (χ3n) is 6.49. The summed E-state index contributed by atoms with van der Waals surface area (Å²) in [6.07, 6.45) is 20.6. The normalized spacial score (nSPS) is 14.6. The Labute approximate surface area is 250 Å². The predicted molar refractivity (Wildman–Crippen MR) is 167 cm³/mol. The lowest BCUT2D eigenvalue weighted by atomic mass is 9.91. The maximum atomic E-state index is 12.3. The zero-order chi connectivity index (χ0) is 29.9. The van der Waals surface area contributed by atoms with Gasteiger partial charge in [0.2, 0.25) is 11.9 Å². The van der Waals surface area contributed by atoms with Crippen LogP contribution in [0, 0.1) is 18.8 Å². The Morgan fingerprint density at radius 2 is 1.76 bits per heavy atom. The predicted octanol–water partition coefficient (Wildman–Crippen LogP) is 5.74. The van der Waals surface area contributed by atoms with Crippen molar-refractivity contribution in [1.29, 1.82) is 0 Å². The molecule has 0 bridgehead atoms. The van der Waals surface area contributed by atoms with E-state index in [1.807, 2.05) is 32.2 Å². The number of carbonyl (C=O) groups excluding carboxylic acids is 1. The average molecular weight is 582 g/mol. The molecular formula is C31H44ClN7O2. The molecule has 2 aliphatic rings. The van der Waals surface area contributed by atoms with Crippen LogP contribution in [-0.4, -0.2) is 58.3 Å². The quantitative estimate of drug-likeness (QED) is 0.343. The number of rotatable bonds is 7. The average Bonchev–Trinajstić information content (AvgIpc) is 3.58. The fourth-order valence-corrected chi connectivity index (χ4v) is 4.41. The van der Waals surface area contributed by atoms with Gasteiger partial charge in [0.05, 0.1) is 19.8 Å². The number of amides is 1. The highest BCUT2D eigenvalue weighted by atomic mass is 35.5. The fraction of sp³-hybridized carbons (Fsp3) is 0.484. The number of nitrogens with one attached hydrogen (secondary N) is 2. The van der Waals surface area contributed by atoms with E-state index in [2.05, 4.69) is 50.3 Å². The van der Waals surface area contributed by atoms with E-state index in [-0.39, 0.29) is 12.5 Å². The van der Waals surface area contributed by atoms with Gasteiger partial charge in [-0.15, -0.1) is 12.8 Å². The molecule has 1 saturated carbocycles. The first-order valence-corrected chi connectivity index (χ1v) is 14.7. The van der Waals surface area contributed by atoms with E-state index in [1.165, 1.54) is 32.1 Å². The minimum atomic E-state index is -0.138. The maximum absolute atomic E-state index is 12.3. The van der Waals surface area contributed by atoms with E-state index in [0.717, 1.165) is 11.5 Å². The molecule has 0 radical (unpaired) electrons. The second kappa shape index (κ2) is 19.5. The Morgan fingerprint density at radius 1 is 1.07 bits per heavy atom. The molecule has 3 heterocycles. The minimum absolute atomic E-state index is 0.0938. The molecule has 0 spiro atoms. The summed E-state index contributed by atoms with van der Waals surface area (Å²) in [5.74, 6) is 2.73. The Morgan fingerprint density at radius 3 is 2.34 bits per heavy atom. The van der Waals surface area contributed by atoms with E-state index in [1.54, 1.807) is 35.3 Å². The molecule has 5 rings (SSSR count). The smallest absolute Gasteiger partial charge is 0.239 e. The highest BCUT2D eigenvalue weighted by Crippen LogP contribution is 2.22. The summed E-state index contributed by atoms with van der Waals surface area (Å²) in [6.45, 7) is 9.59. The molecule has 1 amide bonds. The molecule has 1 saturated heterocycles. The third kappa shape index (κ3) is 12.2. The topological polar surface area (TPSA) is 97.2 Å². The second-order valence-corrected chi connectivity index (χ2v) is 9.92. The Bertz CT molecular complexity index is 1140. The Balaban J connectivity index is 0.000000456. The fourth-order valence-electron chi connectivity index (χ4n) is 4.29. The van der Waals surface area contributed by atoms with Crippen molar-refractivity contribution in [3.63, 3.8) is 0 Å². The molecule has 1 aliphatic heterocycles. The van der Waals surface area contributed by atoms with Crippen LogP contribution in [0.4, 0.5) is 11.8 Å². The van der Waals surface area contributed by atoms with E-state index >= 15 is 0 Å². The third-order valence-corrected chi connectivity index (χ3v) is 6.74. The van der Waals surface area contributed by atoms with Gasteiger partial charge < -0.3 is 20.3 Å². The summed E-state index contributed by atoms with van der Waals surface area (Å²) in [6, 6.07) is 9.15. The minimum Gasteiger partial charge on any atom is -0.378 e. The molecule has 3 aromatic rings. The van der Waals surface area contributed by atoms with Crippen molar-refractivity contribution >= 4 is 29.3 Å². The lowest BCUT2D eigenvalue weighted by Gasteiger charge is -2.27. The van der Waals surface area contributed by atoms with Gasteiger partial charge in [0.25, 0.3) is 0 Å². The van der Waals surface area contributed by atoms with Crippen LogP contribution in [0.5, 0.6) is 0 Å². The number of imidazole rings is 1. The first-order chi connectivity index (χ1) is 20.1. The molecule has 1 aliphatic carbocycles. The zero-order valence-corrected chi connectivity index (χ0v) is 25.3. The largest absolute Gasteiger partial charge is 0.378 e. The first-order valence-electron chi connectivity index (χ1n) is 14.4. The molecule has 2 fully saturated rings. The summed E-state index contributed by atoms with van der Waals surface area (Å²) in [5.41, 5.74) is 0.979.